The zero-order chi connectivity index (χ0) is 26.0. The smallest absolute Gasteiger partial charge is 0.338 e. The van der Waals surface area contributed by atoms with Gasteiger partial charge in [-0.25, -0.2) is 4.79 Å². The summed E-state index contributed by atoms with van der Waals surface area (Å²) >= 11 is 0. The summed E-state index contributed by atoms with van der Waals surface area (Å²) in [4.78, 5) is 48.2. The zero-order valence-electron chi connectivity index (χ0n) is 20.3. The van der Waals surface area contributed by atoms with Gasteiger partial charge in [0.1, 0.15) is 18.2 Å². The quantitative estimate of drug-likeness (QED) is 0.376. The van der Waals surface area contributed by atoms with E-state index < -0.39 is 42.1 Å². The topological polar surface area (TPSA) is 131 Å². The Morgan fingerprint density at radius 3 is 1.97 bits per heavy atom. The van der Waals surface area contributed by atoms with Crippen molar-refractivity contribution in [1.82, 2.24) is 0 Å². The van der Waals surface area contributed by atoms with Gasteiger partial charge < -0.3 is 24.7 Å². The average Bonchev–Trinajstić information content (AvgIpc) is 2.85. The molecule has 0 saturated carbocycles. The van der Waals surface area contributed by atoms with Crippen LogP contribution in [0.3, 0.4) is 0 Å². The van der Waals surface area contributed by atoms with E-state index in [1.165, 1.54) is 12.1 Å². The molecule has 9 heteroatoms. The van der Waals surface area contributed by atoms with Crippen LogP contribution < -0.4 is 15.2 Å². The van der Waals surface area contributed by atoms with Crippen molar-refractivity contribution in [2.24, 2.45) is 5.73 Å². The van der Waals surface area contributed by atoms with Gasteiger partial charge in [-0.1, -0.05) is 38.1 Å². The lowest BCUT2D eigenvalue weighted by molar-refractivity contribution is -0.155. The van der Waals surface area contributed by atoms with Crippen molar-refractivity contribution in [2.75, 3.05) is 0 Å². The maximum absolute atomic E-state index is 12.5. The lowest BCUT2D eigenvalue weighted by Crippen LogP contribution is -2.39. The van der Waals surface area contributed by atoms with Crippen molar-refractivity contribution in [2.45, 2.75) is 65.2 Å². The van der Waals surface area contributed by atoms with Crippen LogP contribution in [0, 0.1) is 0 Å². The van der Waals surface area contributed by atoms with Crippen LogP contribution in [0.4, 0.5) is 0 Å². The highest BCUT2D eigenvalue weighted by molar-refractivity contribution is 5.89. The fourth-order valence-electron chi connectivity index (χ4n) is 2.84. The molecule has 0 fully saturated rings. The van der Waals surface area contributed by atoms with Crippen molar-refractivity contribution in [3.05, 3.63) is 59.7 Å². The van der Waals surface area contributed by atoms with Gasteiger partial charge in [-0.15, -0.1) is 0 Å². The molecule has 0 aliphatic rings. The van der Waals surface area contributed by atoms with Gasteiger partial charge in [0.15, 0.2) is 11.5 Å². The molecule has 0 amide bonds. The van der Waals surface area contributed by atoms with E-state index in [0.29, 0.717) is 11.1 Å². The standard InChI is InChI=1S/C26H31NO8/c1-5-23(28)34-21-13-12-18(15-22(21)35-24(29)6-2)14-20(27)26(31)33-17(4)16(3)32-25(30)19-10-8-7-9-11-19/h7-13,15-17,20H,5-6,14,27H2,1-4H3/t16-,17-,20-/m0/s1. The van der Waals surface area contributed by atoms with Gasteiger partial charge in [0, 0.05) is 12.8 Å². The van der Waals surface area contributed by atoms with Gasteiger partial charge in [0.05, 0.1) is 5.56 Å². The highest BCUT2D eigenvalue weighted by Gasteiger charge is 2.25. The molecule has 2 rings (SSSR count). The molecule has 0 aliphatic carbocycles. The van der Waals surface area contributed by atoms with Crippen molar-refractivity contribution in [3.63, 3.8) is 0 Å². The van der Waals surface area contributed by atoms with Gasteiger partial charge >= 0.3 is 23.9 Å². The average molecular weight is 486 g/mol. The first-order valence-electron chi connectivity index (χ1n) is 11.4. The third kappa shape index (κ3) is 8.53. The van der Waals surface area contributed by atoms with Crippen LogP contribution >= 0.6 is 0 Å². The van der Waals surface area contributed by atoms with Crippen molar-refractivity contribution < 1.29 is 38.1 Å². The van der Waals surface area contributed by atoms with Gasteiger partial charge in [-0.3, -0.25) is 14.4 Å². The molecule has 2 N–H and O–H groups in total. The molecule has 188 valence electrons. The number of hydrogen-bond donors (Lipinski definition) is 1. The Hall–Kier alpha value is -3.72. The fraction of sp³-hybridized carbons (Fsp3) is 0.385. The highest BCUT2D eigenvalue weighted by Crippen LogP contribution is 2.30. The van der Waals surface area contributed by atoms with E-state index in [1.807, 2.05) is 0 Å². The predicted molar refractivity (Wildman–Crippen MR) is 127 cm³/mol. The number of benzene rings is 2. The normalized spacial score (nSPS) is 13.2. The van der Waals surface area contributed by atoms with Crippen LogP contribution in [-0.4, -0.2) is 42.1 Å². The van der Waals surface area contributed by atoms with Gasteiger partial charge in [-0.05, 0) is 50.1 Å². The van der Waals surface area contributed by atoms with Crippen LogP contribution in [0.1, 0.15) is 56.5 Å². The number of carbonyl (C=O) groups is 4. The number of carbonyl (C=O) groups excluding carboxylic acids is 4. The number of ether oxygens (including phenoxy) is 4. The Balaban J connectivity index is 2.01. The molecule has 2 aromatic carbocycles. The second kappa shape index (κ2) is 13.2. The van der Waals surface area contributed by atoms with E-state index in [-0.39, 0.29) is 30.8 Å². The number of hydrogen-bond acceptors (Lipinski definition) is 9. The lowest BCUT2D eigenvalue weighted by Gasteiger charge is -2.22. The maximum Gasteiger partial charge on any atom is 0.338 e. The molecule has 0 spiro atoms. The molecule has 0 aromatic heterocycles. The summed E-state index contributed by atoms with van der Waals surface area (Å²) in [6.45, 7) is 6.50. The van der Waals surface area contributed by atoms with E-state index in [9.17, 15) is 19.2 Å². The Bertz CT molecular complexity index is 1040. The van der Waals surface area contributed by atoms with Crippen molar-refractivity contribution in [1.29, 1.82) is 0 Å². The van der Waals surface area contributed by atoms with Crippen molar-refractivity contribution >= 4 is 23.9 Å². The molecular formula is C26H31NO8. The molecule has 9 nitrogen and oxygen atoms in total. The second-order valence-corrected chi connectivity index (χ2v) is 7.87. The van der Waals surface area contributed by atoms with Gasteiger partial charge in [0.2, 0.25) is 0 Å². The third-order valence-electron chi connectivity index (χ3n) is 5.06. The minimum absolute atomic E-state index is 0.0616. The molecule has 3 atom stereocenters. The van der Waals surface area contributed by atoms with Crippen LogP contribution in [0.15, 0.2) is 48.5 Å². The zero-order valence-corrected chi connectivity index (χ0v) is 20.3. The minimum Gasteiger partial charge on any atom is -0.458 e. The molecule has 0 radical (unpaired) electrons. The van der Waals surface area contributed by atoms with E-state index in [2.05, 4.69) is 0 Å². The Labute approximate surface area is 204 Å². The molecule has 2 aromatic rings. The molecule has 0 aliphatic heterocycles. The fourth-order valence-corrected chi connectivity index (χ4v) is 2.84. The van der Waals surface area contributed by atoms with E-state index >= 15 is 0 Å². The van der Waals surface area contributed by atoms with Crippen LogP contribution in [0.5, 0.6) is 11.5 Å². The van der Waals surface area contributed by atoms with Gasteiger partial charge in [-0.2, -0.15) is 0 Å². The summed E-state index contributed by atoms with van der Waals surface area (Å²) in [6.07, 6.45) is -1.09. The van der Waals surface area contributed by atoms with E-state index in [4.69, 9.17) is 24.7 Å². The lowest BCUT2D eigenvalue weighted by atomic mass is 10.1. The summed E-state index contributed by atoms with van der Waals surface area (Å²) < 4.78 is 21.2. The highest BCUT2D eigenvalue weighted by atomic mass is 16.6. The van der Waals surface area contributed by atoms with Crippen LogP contribution in [0.2, 0.25) is 0 Å². The molecule has 0 heterocycles. The number of nitrogens with two attached hydrogens (primary N) is 1. The molecular weight excluding hydrogens is 454 g/mol. The summed E-state index contributed by atoms with van der Waals surface area (Å²) in [5.41, 5.74) is 6.99. The summed E-state index contributed by atoms with van der Waals surface area (Å²) in [7, 11) is 0. The van der Waals surface area contributed by atoms with Crippen LogP contribution in [0.25, 0.3) is 0 Å². The van der Waals surface area contributed by atoms with Crippen molar-refractivity contribution in [3.8, 4) is 11.5 Å². The Morgan fingerprint density at radius 2 is 1.37 bits per heavy atom. The van der Waals surface area contributed by atoms with Crippen LogP contribution in [-0.2, 0) is 30.3 Å². The molecule has 0 unspecified atom stereocenters. The molecule has 0 bridgehead atoms. The first-order chi connectivity index (χ1) is 16.6. The molecule has 35 heavy (non-hydrogen) atoms. The van der Waals surface area contributed by atoms with Gasteiger partial charge in [0.25, 0.3) is 0 Å². The van der Waals surface area contributed by atoms with E-state index in [0.717, 1.165) is 0 Å². The largest absolute Gasteiger partial charge is 0.458 e. The number of esters is 4. The first-order valence-corrected chi connectivity index (χ1v) is 11.4. The first kappa shape index (κ1) is 27.5. The summed E-state index contributed by atoms with van der Waals surface area (Å²) in [6, 6.07) is 12.0. The number of rotatable bonds is 11. The summed E-state index contributed by atoms with van der Waals surface area (Å²) in [5.74, 6) is -2.04. The summed E-state index contributed by atoms with van der Waals surface area (Å²) in [5, 5.41) is 0. The minimum atomic E-state index is -1.03. The maximum atomic E-state index is 12.5. The Morgan fingerprint density at radius 1 is 0.800 bits per heavy atom. The predicted octanol–water partition coefficient (Wildman–Crippen LogP) is 3.36. The van der Waals surface area contributed by atoms with E-state index in [1.54, 1.807) is 64.1 Å². The third-order valence-corrected chi connectivity index (χ3v) is 5.06. The Kier molecular flexibility index (Phi) is 10.4. The second-order valence-electron chi connectivity index (χ2n) is 7.87. The monoisotopic (exact) mass is 485 g/mol. The SMILES string of the molecule is CCC(=O)Oc1ccc(C[C@H](N)C(=O)O[C@@H](C)[C@H](C)OC(=O)c2ccccc2)cc1OC(=O)CC. The molecule has 0 saturated heterocycles.